The van der Waals surface area contributed by atoms with Gasteiger partial charge in [-0.2, -0.15) is 0 Å². The molecule has 98 valence electrons. The van der Waals surface area contributed by atoms with Crippen LogP contribution in [0.15, 0.2) is 0 Å². The third kappa shape index (κ3) is 6.26. The van der Waals surface area contributed by atoms with Crippen molar-refractivity contribution < 1.29 is 14.7 Å². The summed E-state index contributed by atoms with van der Waals surface area (Å²) in [6.07, 6.45) is 2.93. The highest BCUT2D eigenvalue weighted by Gasteiger charge is 2.22. The number of hydrogen-bond donors (Lipinski definition) is 3. The van der Waals surface area contributed by atoms with Gasteiger partial charge in [0.25, 0.3) is 0 Å². The number of hydrogen-bond acceptors (Lipinski definition) is 3. The van der Waals surface area contributed by atoms with Crippen molar-refractivity contribution in [3.63, 3.8) is 0 Å². The highest BCUT2D eigenvalue weighted by Crippen LogP contribution is 2.27. The zero-order valence-corrected chi connectivity index (χ0v) is 10.5. The van der Waals surface area contributed by atoms with Crippen LogP contribution in [0.4, 0.5) is 0 Å². The zero-order chi connectivity index (χ0) is 12.8. The summed E-state index contributed by atoms with van der Waals surface area (Å²) in [5.74, 6) is -0.238. The maximum Gasteiger partial charge on any atom is 0.326 e. The molecule has 0 heterocycles. The molecule has 0 bridgehead atoms. The van der Waals surface area contributed by atoms with Crippen molar-refractivity contribution in [3.8, 4) is 0 Å². The molecule has 1 rings (SSSR count). The first-order chi connectivity index (χ1) is 7.99. The molecule has 1 unspecified atom stereocenters. The highest BCUT2D eigenvalue weighted by molar-refractivity contribution is 5.84. The number of carbonyl (C=O) groups excluding carboxylic acids is 1. The molecule has 0 aromatic rings. The van der Waals surface area contributed by atoms with E-state index in [4.69, 9.17) is 5.11 Å². The molecule has 1 saturated carbocycles. The van der Waals surface area contributed by atoms with Crippen molar-refractivity contribution in [1.29, 1.82) is 0 Å². The molecule has 1 amide bonds. The molecular formula is C12H22N2O3. The van der Waals surface area contributed by atoms with Gasteiger partial charge >= 0.3 is 5.97 Å². The summed E-state index contributed by atoms with van der Waals surface area (Å²) >= 11 is 0. The second-order valence-electron chi connectivity index (χ2n) is 5.16. The Labute approximate surface area is 102 Å². The Hall–Kier alpha value is -1.10. The van der Waals surface area contributed by atoms with Crippen molar-refractivity contribution in [3.05, 3.63) is 0 Å². The van der Waals surface area contributed by atoms with Gasteiger partial charge in [-0.05, 0) is 37.6 Å². The largest absolute Gasteiger partial charge is 0.480 e. The highest BCUT2D eigenvalue weighted by atomic mass is 16.4. The molecule has 0 aromatic carbocycles. The first-order valence-corrected chi connectivity index (χ1v) is 6.22. The van der Waals surface area contributed by atoms with E-state index in [1.807, 2.05) is 13.8 Å². The lowest BCUT2D eigenvalue weighted by Crippen LogP contribution is -2.45. The van der Waals surface area contributed by atoms with Crippen molar-refractivity contribution in [2.45, 2.75) is 39.2 Å². The normalized spacial score (nSPS) is 16.9. The minimum Gasteiger partial charge on any atom is -0.480 e. The van der Waals surface area contributed by atoms with Gasteiger partial charge in [0.1, 0.15) is 6.04 Å². The number of carboxylic acid groups (broad SMARTS) is 1. The van der Waals surface area contributed by atoms with Crippen LogP contribution in [0.25, 0.3) is 0 Å². The van der Waals surface area contributed by atoms with E-state index in [1.165, 1.54) is 12.8 Å². The summed E-state index contributed by atoms with van der Waals surface area (Å²) < 4.78 is 0. The van der Waals surface area contributed by atoms with Crippen LogP contribution in [0.2, 0.25) is 0 Å². The Kier molecular flexibility index (Phi) is 5.41. The Morgan fingerprint density at radius 2 is 2.00 bits per heavy atom. The summed E-state index contributed by atoms with van der Waals surface area (Å²) in [4.78, 5) is 22.4. The Balaban J connectivity index is 2.21. The van der Waals surface area contributed by atoms with E-state index >= 15 is 0 Å². The predicted octanol–water partition coefficient (Wildman–Crippen LogP) is 0.601. The van der Waals surface area contributed by atoms with Gasteiger partial charge in [0, 0.05) is 0 Å². The standard InChI is InChI=1S/C12H22N2O3/c1-8(2)5-10(12(16)17)14-11(15)7-13-6-9-3-4-9/h8-10,13H,3-7H2,1-2H3,(H,14,15)(H,16,17). The van der Waals surface area contributed by atoms with Crippen molar-refractivity contribution in [1.82, 2.24) is 10.6 Å². The lowest BCUT2D eigenvalue weighted by atomic mass is 10.0. The van der Waals surface area contributed by atoms with Gasteiger partial charge in [-0.1, -0.05) is 13.8 Å². The molecule has 0 aliphatic heterocycles. The van der Waals surface area contributed by atoms with Crippen LogP contribution in [0.3, 0.4) is 0 Å². The maximum atomic E-state index is 11.5. The topological polar surface area (TPSA) is 78.4 Å². The van der Waals surface area contributed by atoms with Crippen molar-refractivity contribution in [2.75, 3.05) is 13.1 Å². The monoisotopic (exact) mass is 242 g/mol. The average molecular weight is 242 g/mol. The molecule has 0 radical (unpaired) electrons. The molecule has 1 atom stereocenters. The van der Waals surface area contributed by atoms with Crippen LogP contribution in [0.1, 0.15) is 33.1 Å². The number of amides is 1. The van der Waals surface area contributed by atoms with E-state index in [0.29, 0.717) is 12.3 Å². The lowest BCUT2D eigenvalue weighted by Gasteiger charge is -2.16. The van der Waals surface area contributed by atoms with Crippen LogP contribution in [-0.2, 0) is 9.59 Å². The third-order valence-electron chi connectivity index (χ3n) is 2.76. The number of carbonyl (C=O) groups is 2. The van der Waals surface area contributed by atoms with E-state index in [9.17, 15) is 9.59 Å². The number of nitrogens with one attached hydrogen (secondary N) is 2. The molecule has 0 aromatic heterocycles. The summed E-state index contributed by atoms with van der Waals surface area (Å²) in [7, 11) is 0. The van der Waals surface area contributed by atoms with Gasteiger partial charge < -0.3 is 15.7 Å². The molecule has 5 nitrogen and oxygen atoms in total. The van der Waals surface area contributed by atoms with E-state index < -0.39 is 12.0 Å². The molecule has 0 spiro atoms. The molecule has 5 heteroatoms. The smallest absolute Gasteiger partial charge is 0.326 e. The van der Waals surface area contributed by atoms with E-state index in [0.717, 1.165) is 6.54 Å². The summed E-state index contributed by atoms with van der Waals surface area (Å²) in [6.45, 7) is 4.94. The molecular weight excluding hydrogens is 220 g/mol. The molecule has 1 aliphatic carbocycles. The van der Waals surface area contributed by atoms with Crippen LogP contribution in [-0.4, -0.2) is 36.1 Å². The van der Waals surface area contributed by atoms with Gasteiger partial charge in [0.05, 0.1) is 6.54 Å². The second-order valence-corrected chi connectivity index (χ2v) is 5.16. The van der Waals surface area contributed by atoms with Gasteiger partial charge in [-0.25, -0.2) is 4.79 Å². The first kappa shape index (κ1) is 14.0. The number of rotatable bonds is 8. The minimum absolute atomic E-state index is 0.207. The van der Waals surface area contributed by atoms with E-state index in [1.54, 1.807) is 0 Å². The first-order valence-electron chi connectivity index (χ1n) is 6.22. The minimum atomic E-state index is -0.964. The van der Waals surface area contributed by atoms with Crippen molar-refractivity contribution >= 4 is 11.9 Å². The Morgan fingerprint density at radius 3 is 2.47 bits per heavy atom. The SMILES string of the molecule is CC(C)CC(NC(=O)CNCC1CC1)C(=O)O. The molecule has 17 heavy (non-hydrogen) atoms. The summed E-state index contributed by atoms with van der Waals surface area (Å²) in [5, 5.41) is 14.5. The third-order valence-corrected chi connectivity index (χ3v) is 2.76. The van der Waals surface area contributed by atoms with E-state index in [-0.39, 0.29) is 18.4 Å². The molecule has 1 fully saturated rings. The zero-order valence-electron chi connectivity index (χ0n) is 10.5. The fourth-order valence-electron chi connectivity index (χ4n) is 1.65. The van der Waals surface area contributed by atoms with Gasteiger partial charge in [-0.3, -0.25) is 4.79 Å². The lowest BCUT2D eigenvalue weighted by molar-refractivity contribution is -0.142. The summed E-state index contributed by atoms with van der Waals surface area (Å²) in [5.41, 5.74) is 0. The van der Waals surface area contributed by atoms with Gasteiger partial charge in [-0.15, -0.1) is 0 Å². The van der Waals surface area contributed by atoms with Gasteiger partial charge in [0.2, 0.25) is 5.91 Å². The van der Waals surface area contributed by atoms with Crippen molar-refractivity contribution in [2.24, 2.45) is 11.8 Å². The quantitative estimate of drug-likeness (QED) is 0.582. The van der Waals surface area contributed by atoms with Crippen LogP contribution < -0.4 is 10.6 Å². The van der Waals surface area contributed by atoms with E-state index in [2.05, 4.69) is 10.6 Å². The fraction of sp³-hybridized carbons (Fsp3) is 0.833. The van der Waals surface area contributed by atoms with Crippen LogP contribution in [0.5, 0.6) is 0 Å². The Morgan fingerprint density at radius 1 is 1.35 bits per heavy atom. The molecule has 1 aliphatic rings. The predicted molar refractivity (Wildman–Crippen MR) is 64.6 cm³/mol. The fourth-order valence-corrected chi connectivity index (χ4v) is 1.65. The average Bonchev–Trinajstić information content (AvgIpc) is 2.99. The number of aliphatic carboxylic acids is 1. The van der Waals surface area contributed by atoms with Gasteiger partial charge in [0.15, 0.2) is 0 Å². The molecule has 3 N–H and O–H groups in total. The summed E-state index contributed by atoms with van der Waals surface area (Å²) in [6, 6.07) is -0.773. The van der Waals surface area contributed by atoms with Crippen LogP contribution >= 0.6 is 0 Å². The Bertz CT molecular complexity index is 275. The van der Waals surface area contributed by atoms with Crippen LogP contribution in [0, 0.1) is 11.8 Å². The molecule has 0 saturated heterocycles. The maximum absolute atomic E-state index is 11.5. The number of carboxylic acids is 1. The second kappa shape index (κ2) is 6.59.